The highest BCUT2D eigenvalue weighted by Gasteiger charge is 2.17. The van der Waals surface area contributed by atoms with Gasteiger partial charge in [-0.1, -0.05) is 12.1 Å². The Kier molecular flexibility index (Phi) is 5.22. The van der Waals surface area contributed by atoms with Crippen LogP contribution in [-0.2, 0) is 4.79 Å². The molecule has 6 nitrogen and oxygen atoms in total. The van der Waals surface area contributed by atoms with Crippen LogP contribution in [-0.4, -0.2) is 32.0 Å². The summed E-state index contributed by atoms with van der Waals surface area (Å²) < 4.78 is 16.1. The fraction of sp³-hybridized carbons (Fsp3) is 0.200. The fourth-order valence-corrected chi connectivity index (χ4v) is 2.57. The number of amides is 1. The average Bonchev–Trinajstić information content (AvgIpc) is 2.66. The van der Waals surface area contributed by atoms with E-state index in [0.29, 0.717) is 35.1 Å². The number of anilines is 1. The van der Waals surface area contributed by atoms with E-state index in [2.05, 4.69) is 5.32 Å². The molecule has 26 heavy (non-hydrogen) atoms. The Morgan fingerprint density at radius 3 is 2.85 bits per heavy atom. The number of ketones is 1. The van der Waals surface area contributed by atoms with Crippen LogP contribution in [0.25, 0.3) is 6.08 Å². The van der Waals surface area contributed by atoms with Crippen molar-refractivity contribution >= 4 is 23.5 Å². The van der Waals surface area contributed by atoms with Crippen LogP contribution >= 0.6 is 0 Å². The molecule has 3 rings (SSSR count). The Balaban J connectivity index is 1.77. The molecule has 0 bridgehead atoms. The van der Waals surface area contributed by atoms with Crippen LogP contribution in [0.15, 0.2) is 42.5 Å². The summed E-state index contributed by atoms with van der Waals surface area (Å²) >= 11 is 0. The number of ether oxygens (including phenoxy) is 3. The molecular weight excluding hydrogens is 334 g/mol. The summed E-state index contributed by atoms with van der Waals surface area (Å²) in [5, 5.41) is 2.69. The van der Waals surface area contributed by atoms with Crippen molar-refractivity contribution in [3.8, 4) is 17.2 Å². The van der Waals surface area contributed by atoms with E-state index in [1.165, 1.54) is 6.08 Å². The van der Waals surface area contributed by atoms with Crippen LogP contribution < -0.4 is 19.5 Å². The lowest BCUT2D eigenvalue weighted by Crippen LogP contribution is -2.25. The van der Waals surface area contributed by atoms with Gasteiger partial charge in [-0.3, -0.25) is 9.59 Å². The monoisotopic (exact) mass is 353 g/mol. The Labute approximate surface area is 151 Å². The molecular formula is C20H19NO5. The number of carbonyl (C=O) groups is 2. The lowest BCUT2D eigenvalue weighted by molar-refractivity contribution is -0.118. The third kappa shape index (κ3) is 3.85. The van der Waals surface area contributed by atoms with E-state index >= 15 is 0 Å². The maximum Gasteiger partial charge on any atom is 0.262 e. The molecule has 6 heteroatoms. The first-order valence-electron chi connectivity index (χ1n) is 8.20. The smallest absolute Gasteiger partial charge is 0.262 e. The number of rotatable bonds is 6. The number of nitrogens with one attached hydrogen (secondary N) is 1. The second-order valence-corrected chi connectivity index (χ2v) is 5.59. The summed E-state index contributed by atoms with van der Waals surface area (Å²) in [7, 11) is 1.57. The minimum atomic E-state index is -0.237. The molecule has 1 heterocycles. The molecule has 134 valence electrons. The maximum absolute atomic E-state index is 12.4. The summed E-state index contributed by atoms with van der Waals surface area (Å²) in [6.07, 6.45) is 3.18. The predicted octanol–water partition coefficient (Wildman–Crippen LogP) is 3.32. The van der Waals surface area contributed by atoms with Crippen molar-refractivity contribution in [3.05, 3.63) is 53.6 Å². The van der Waals surface area contributed by atoms with E-state index in [1.54, 1.807) is 43.5 Å². The third-order valence-corrected chi connectivity index (χ3v) is 3.81. The van der Waals surface area contributed by atoms with Gasteiger partial charge in [0, 0.05) is 5.56 Å². The van der Waals surface area contributed by atoms with Gasteiger partial charge in [-0.05, 0) is 48.9 Å². The zero-order chi connectivity index (χ0) is 18.5. The molecule has 0 aromatic heterocycles. The van der Waals surface area contributed by atoms with Crippen molar-refractivity contribution in [2.45, 2.75) is 6.92 Å². The molecule has 2 aromatic carbocycles. The number of carbonyl (C=O) groups excluding carboxylic acids is 2. The average molecular weight is 353 g/mol. The second-order valence-electron chi connectivity index (χ2n) is 5.59. The molecule has 0 aliphatic carbocycles. The molecule has 1 amide bonds. The van der Waals surface area contributed by atoms with Crippen LogP contribution in [0.5, 0.6) is 17.2 Å². The van der Waals surface area contributed by atoms with Crippen LogP contribution in [0.1, 0.15) is 22.8 Å². The Morgan fingerprint density at radius 2 is 2.08 bits per heavy atom. The molecule has 1 aliphatic rings. The van der Waals surface area contributed by atoms with Crippen LogP contribution in [0.4, 0.5) is 5.69 Å². The minimum absolute atomic E-state index is 0.0141. The molecule has 2 aromatic rings. The summed E-state index contributed by atoms with van der Waals surface area (Å²) in [5.41, 5.74) is 1.78. The van der Waals surface area contributed by atoms with Crippen LogP contribution in [0.2, 0.25) is 0 Å². The number of fused-ring (bicyclic) bond motifs is 1. The van der Waals surface area contributed by atoms with Crippen molar-refractivity contribution in [2.24, 2.45) is 0 Å². The highest BCUT2D eigenvalue weighted by molar-refractivity contribution is 6.08. The topological polar surface area (TPSA) is 73.9 Å². The molecule has 0 spiro atoms. The first kappa shape index (κ1) is 17.5. The van der Waals surface area contributed by atoms with E-state index < -0.39 is 0 Å². The summed E-state index contributed by atoms with van der Waals surface area (Å²) in [6, 6.07) is 10.4. The number of methoxy groups -OCH3 is 1. The second kappa shape index (κ2) is 7.74. The molecule has 1 aliphatic heterocycles. The van der Waals surface area contributed by atoms with Gasteiger partial charge in [0.15, 0.2) is 23.9 Å². The first-order valence-corrected chi connectivity index (χ1v) is 8.20. The van der Waals surface area contributed by atoms with Crippen molar-refractivity contribution in [2.75, 3.05) is 25.6 Å². The first-order chi connectivity index (χ1) is 12.6. The molecule has 0 radical (unpaired) electrons. The number of hydrogen-bond acceptors (Lipinski definition) is 5. The maximum atomic E-state index is 12.4. The van der Waals surface area contributed by atoms with Gasteiger partial charge >= 0.3 is 0 Å². The zero-order valence-electron chi connectivity index (χ0n) is 14.6. The standard InChI is InChI=1S/C20H19NO5/c1-3-25-18-8-5-13(10-19(18)24-2)4-7-16(22)14-6-9-17-15(11-14)21-20(23)12-26-17/h4-11H,3,12H2,1-2H3,(H,21,23). The van der Waals surface area contributed by atoms with Crippen LogP contribution in [0, 0.1) is 0 Å². The number of hydrogen-bond donors (Lipinski definition) is 1. The van der Waals surface area contributed by atoms with Gasteiger partial charge in [0.1, 0.15) is 5.75 Å². The SMILES string of the molecule is CCOc1ccc(C=CC(=O)c2ccc3c(c2)NC(=O)CO3)cc1OC. The van der Waals surface area contributed by atoms with Crippen molar-refractivity contribution in [1.29, 1.82) is 0 Å². The highest BCUT2D eigenvalue weighted by Crippen LogP contribution is 2.30. The Morgan fingerprint density at radius 1 is 1.23 bits per heavy atom. The minimum Gasteiger partial charge on any atom is -0.493 e. The number of benzene rings is 2. The molecule has 1 N–H and O–H groups in total. The van der Waals surface area contributed by atoms with Crippen molar-refractivity contribution < 1.29 is 23.8 Å². The highest BCUT2D eigenvalue weighted by atomic mass is 16.5. The summed E-state index contributed by atoms with van der Waals surface area (Å²) in [6.45, 7) is 2.43. The molecule has 0 saturated carbocycles. The van der Waals surface area contributed by atoms with E-state index in [4.69, 9.17) is 14.2 Å². The van der Waals surface area contributed by atoms with Gasteiger partial charge < -0.3 is 19.5 Å². The Hall–Kier alpha value is -3.28. The van der Waals surface area contributed by atoms with Crippen molar-refractivity contribution in [1.82, 2.24) is 0 Å². The van der Waals surface area contributed by atoms with Gasteiger partial charge in [-0.25, -0.2) is 0 Å². The van der Waals surface area contributed by atoms with Gasteiger partial charge in [-0.2, -0.15) is 0 Å². The normalized spacial score (nSPS) is 12.9. The van der Waals surface area contributed by atoms with Gasteiger partial charge in [0.05, 0.1) is 19.4 Å². The summed E-state index contributed by atoms with van der Waals surface area (Å²) in [4.78, 5) is 23.8. The number of allylic oxidation sites excluding steroid dienone is 1. The van der Waals surface area contributed by atoms with E-state index in [1.807, 2.05) is 13.0 Å². The Bertz CT molecular complexity index is 873. The lowest BCUT2D eigenvalue weighted by Gasteiger charge is -2.17. The zero-order valence-corrected chi connectivity index (χ0v) is 14.6. The quantitative estimate of drug-likeness (QED) is 0.637. The van der Waals surface area contributed by atoms with Gasteiger partial charge in [0.2, 0.25) is 0 Å². The summed E-state index contributed by atoms with van der Waals surface area (Å²) in [5.74, 6) is 1.40. The molecule has 0 fully saturated rings. The predicted molar refractivity (Wildman–Crippen MR) is 98.1 cm³/mol. The third-order valence-electron chi connectivity index (χ3n) is 3.81. The van der Waals surface area contributed by atoms with Crippen molar-refractivity contribution in [3.63, 3.8) is 0 Å². The van der Waals surface area contributed by atoms with Crippen LogP contribution in [0.3, 0.4) is 0 Å². The lowest BCUT2D eigenvalue weighted by atomic mass is 10.1. The van der Waals surface area contributed by atoms with Gasteiger partial charge in [0.25, 0.3) is 5.91 Å². The molecule has 0 saturated heterocycles. The molecule has 0 unspecified atom stereocenters. The largest absolute Gasteiger partial charge is 0.493 e. The fourth-order valence-electron chi connectivity index (χ4n) is 2.57. The van der Waals surface area contributed by atoms with E-state index in [9.17, 15) is 9.59 Å². The molecule has 0 atom stereocenters. The van der Waals surface area contributed by atoms with E-state index in [0.717, 1.165) is 5.56 Å². The van der Waals surface area contributed by atoms with Gasteiger partial charge in [-0.15, -0.1) is 0 Å². The van der Waals surface area contributed by atoms with E-state index in [-0.39, 0.29) is 18.3 Å².